The first-order chi connectivity index (χ1) is 18.8. The lowest BCUT2D eigenvalue weighted by Crippen LogP contribution is -2.51. The van der Waals surface area contributed by atoms with Gasteiger partial charge in [-0.25, -0.2) is 12.8 Å². The average molecular weight is 629 g/mol. The van der Waals surface area contributed by atoms with Gasteiger partial charge in [-0.15, -0.1) is 0 Å². The Morgan fingerprint density at radius 1 is 0.925 bits per heavy atom. The molecule has 0 unspecified atom stereocenters. The van der Waals surface area contributed by atoms with Gasteiger partial charge >= 0.3 is 0 Å². The molecule has 0 saturated carbocycles. The van der Waals surface area contributed by atoms with E-state index in [-0.39, 0.29) is 33.1 Å². The van der Waals surface area contributed by atoms with Crippen LogP contribution >= 0.6 is 34.8 Å². The molecule has 2 amide bonds. The lowest BCUT2D eigenvalue weighted by Gasteiger charge is -2.32. The average Bonchev–Trinajstić information content (AvgIpc) is 2.91. The van der Waals surface area contributed by atoms with Gasteiger partial charge in [0.1, 0.15) is 18.4 Å². The number of carbonyl (C=O) groups excluding carboxylic acids is 2. The predicted molar refractivity (Wildman–Crippen MR) is 157 cm³/mol. The Bertz CT molecular complexity index is 1470. The van der Waals surface area contributed by atoms with Gasteiger partial charge in [0, 0.05) is 23.1 Å². The molecule has 3 aromatic carbocycles. The first kappa shape index (κ1) is 31.7. The third-order valence-corrected chi connectivity index (χ3v) is 8.67. The normalized spacial score (nSPS) is 12.2. The topological polar surface area (TPSA) is 86.8 Å². The molecule has 1 atom stereocenters. The molecule has 0 fully saturated rings. The molecular weight excluding hydrogens is 600 g/mol. The van der Waals surface area contributed by atoms with Gasteiger partial charge in [0.05, 0.1) is 15.6 Å². The van der Waals surface area contributed by atoms with Crippen LogP contribution in [0.3, 0.4) is 0 Å². The largest absolute Gasteiger partial charge is 0.354 e. The van der Waals surface area contributed by atoms with Crippen molar-refractivity contribution in [2.45, 2.75) is 38.3 Å². The molecule has 0 aliphatic rings. The van der Waals surface area contributed by atoms with Gasteiger partial charge in [-0.05, 0) is 60.9 Å². The Labute approximate surface area is 248 Å². The van der Waals surface area contributed by atoms with Crippen molar-refractivity contribution >= 4 is 62.3 Å². The fourth-order valence-corrected chi connectivity index (χ4v) is 5.83. The highest BCUT2D eigenvalue weighted by Crippen LogP contribution is 2.29. The zero-order valence-corrected chi connectivity index (χ0v) is 25.2. The van der Waals surface area contributed by atoms with Gasteiger partial charge in [-0.1, -0.05) is 72.9 Å². The molecule has 0 bridgehead atoms. The molecule has 214 valence electrons. The number of carbonyl (C=O) groups is 2. The molecular formula is C28H29Cl3FN3O4S. The van der Waals surface area contributed by atoms with Gasteiger partial charge in [0.15, 0.2) is 0 Å². The fourth-order valence-electron chi connectivity index (χ4n) is 3.76. The van der Waals surface area contributed by atoms with Crippen LogP contribution in [0.2, 0.25) is 15.1 Å². The number of hydrogen-bond donors (Lipinski definition) is 1. The first-order valence-corrected chi connectivity index (χ1v) is 14.9. The number of hydrogen-bond acceptors (Lipinski definition) is 4. The summed E-state index contributed by atoms with van der Waals surface area (Å²) in [5.74, 6) is -1.70. The summed E-state index contributed by atoms with van der Waals surface area (Å²) in [5.41, 5.74) is 0.482. The molecule has 7 nitrogen and oxygen atoms in total. The third kappa shape index (κ3) is 7.87. The first-order valence-electron chi connectivity index (χ1n) is 12.3. The number of amides is 2. The molecule has 0 saturated heterocycles. The van der Waals surface area contributed by atoms with E-state index in [2.05, 4.69) is 5.32 Å². The summed E-state index contributed by atoms with van der Waals surface area (Å²) in [7, 11) is -4.31. The number of halogens is 4. The summed E-state index contributed by atoms with van der Waals surface area (Å²) in [6, 6.07) is 14.6. The molecule has 0 heterocycles. The number of nitrogens with one attached hydrogen (secondary N) is 1. The van der Waals surface area contributed by atoms with Crippen LogP contribution in [0.1, 0.15) is 26.3 Å². The summed E-state index contributed by atoms with van der Waals surface area (Å²) in [5, 5.41) is 3.16. The number of sulfonamides is 1. The predicted octanol–water partition coefficient (Wildman–Crippen LogP) is 6.17. The highest BCUT2D eigenvalue weighted by Gasteiger charge is 2.33. The summed E-state index contributed by atoms with van der Waals surface area (Å²) in [6.45, 7) is 4.99. The molecule has 12 heteroatoms. The van der Waals surface area contributed by atoms with E-state index in [1.807, 2.05) is 13.8 Å². The minimum absolute atomic E-state index is 0.0232. The zero-order chi connectivity index (χ0) is 29.6. The Morgan fingerprint density at radius 3 is 2.20 bits per heavy atom. The smallest absolute Gasteiger partial charge is 0.264 e. The SMILES string of the molecule is CC(C)CNC(=O)[C@@H](C)N(Cc1ccc(Cl)cc1Cl)C(=O)CN(c1ccc(F)c(Cl)c1)S(=O)(=O)c1ccccc1. The number of anilines is 1. The highest BCUT2D eigenvalue weighted by molar-refractivity contribution is 7.92. The van der Waals surface area contributed by atoms with E-state index in [0.29, 0.717) is 17.1 Å². The van der Waals surface area contributed by atoms with Gasteiger partial charge in [0.25, 0.3) is 10.0 Å². The van der Waals surface area contributed by atoms with E-state index in [0.717, 1.165) is 16.4 Å². The van der Waals surface area contributed by atoms with Crippen molar-refractivity contribution in [1.29, 1.82) is 0 Å². The quantitative estimate of drug-likeness (QED) is 0.275. The van der Waals surface area contributed by atoms with Crippen LogP contribution in [-0.2, 0) is 26.2 Å². The zero-order valence-electron chi connectivity index (χ0n) is 22.1. The lowest BCUT2D eigenvalue weighted by molar-refractivity contribution is -0.139. The van der Waals surface area contributed by atoms with Gasteiger partial charge in [-0.3, -0.25) is 13.9 Å². The van der Waals surface area contributed by atoms with E-state index >= 15 is 0 Å². The van der Waals surface area contributed by atoms with Gasteiger partial charge in [0.2, 0.25) is 11.8 Å². The van der Waals surface area contributed by atoms with Crippen molar-refractivity contribution in [3.8, 4) is 0 Å². The maximum Gasteiger partial charge on any atom is 0.264 e. The summed E-state index contributed by atoms with van der Waals surface area (Å²) < 4.78 is 42.2. The Balaban J connectivity index is 2.05. The van der Waals surface area contributed by atoms with Crippen molar-refractivity contribution in [1.82, 2.24) is 10.2 Å². The van der Waals surface area contributed by atoms with Crippen LogP contribution in [0.15, 0.2) is 71.6 Å². The molecule has 3 rings (SSSR count). The molecule has 1 N–H and O–H groups in total. The Morgan fingerprint density at radius 2 is 1.60 bits per heavy atom. The van der Waals surface area contributed by atoms with E-state index in [4.69, 9.17) is 34.8 Å². The fraction of sp³-hybridized carbons (Fsp3) is 0.286. The van der Waals surface area contributed by atoms with Crippen molar-refractivity contribution in [3.05, 3.63) is 93.2 Å². The van der Waals surface area contributed by atoms with Crippen LogP contribution in [0.5, 0.6) is 0 Å². The molecule has 40 heavy (non-hydrogen) atoms. The van der Waals surface area contributed by atoms with Crippen LogP contribution in [0, 0.1) is 11.7 Å². The maximum atomic E-state index is 14.0. The van der Waals surface area contributed by atoms with E-state index < -0.39 is 40.2 Å². The molecule has 0 spiro atoms. The minimum atomic E-state index is -4.31. The second kappa shape index (κ2) is 13.7. The maximum absolute atomic E-state index is 14.0. The van der Waals surface area contributed by atoms with Gasteiger partial charge in [-0.2, -0.15) is 0 Å². The lowest BCUT2D eigenvalue weighted by atomic mass is 10.1. The van der Waals surface area contributed by atoms with Crippen LogP contribution in [0.4, 0.5) is 10.1 Å². The van der Waals surface area contributed by atoms with Crippen molar-refractivity contribution < 1.29 is 22.4 Å². The summed E-state index contributed by atoms with van der Waals surface area (Å²) in [4.78, 5) is 28.1. The Hall–Kier alpha value is -2.85. The monoisotopic (exact) mass is 627 g/mol. The second-order valence-corrected chi connectivity index (χ2v) is 12.6. The van der Waals surface area contributed by atoms with Crippen LogP contribution in [-0.4, -0.2) is 44.3 Å². The molecule has 0 aliphatic carbocycles. The van der Waals surface area contributed by atoms with Crippen molar-refractivity contribution in [2.24, 2.45) is 5.92 Å². The number of benzene rings is 3. The number of nitrogens with zero attached hydrogens (tertiary/aromatic N) is 2. The standard InChI is InChI=1S/C28H29Cl3FN3O4S/c1-18(2)15-33-28(37)19(3)34(16-20-9-10-21(29)13-24(20)30)27(36)17-35(22-11-12-26(32)25(31)14-22)40(38,39)23-7-5-4-6-8-23/h4-14,18-19H,15-17H2,1-3H3,(H,33,37)/t19-/m1/s1. The molecule has 0 radical (unpaired) electrons. The van der Waals surface area contributed by atoms with Gasteiger partial charge < -0.3 is 10.2 Å². The summed E-state index contributed by atoms with van der Waals surface area (Å²) in [6.07, 6.45) is 0. The summed E-state index contributed by atoms with van der Waals surface area (Å²) >= 11 is 18.4. The second-order valence-electron chi connectivity index (χ2n) is 9.50. The number of rotatable bonds is 11. The molecule has 3 aromatic rings. The third-order valence-electron chi connectivity index (χ3n) is 6.01. The molecule has 0 aromatic heterocycles. The van der Waals surface area contributed by atoms with Crippen LogP contribution < -0.4 is 9.62 Å². The minimum Gasteiger partial charge on any atom is -0.354 e. The van der Waals surface area contributed by atoms with Crippen molar-refractivity contribution in [3.63, 3.8) is 0 Å². The van der Waals surface area contributed by atoms with Crippen LogP contribution in [0.25, 0.3) is 0 Å². The Kier molecular flexibility index (Phi) is 10.8. The van der Waals surface area contributed by atoms with E-state index in [1.54, 1.807) is 37.3 Å². The van der Waals surface area contributed by atoms with Crippen molar-refractivity contribution in [2.75, 3.05) is 17.4 Å². The highest BCUT2D eigenvalue weighted by atomic mass is 35.5. The molecule has 0 aliphatic heterocycles. The van der Waals surface area contributed by atoms with E-state index in [9.17, 15) is 22.4 Å². The van der Waals surface area contributed by atoms with E-state index in [1.165, 1.54) is 29.2 Å².